The summed E-state index contributed by atoms with van der Waals surface area (Å²) in [6.45, 7) is 10.9. The standard InChI is InChI=1S/C28H36N2O6/c1-7-8-24(31)30-25(32)23(16-29-27(34)36-28(4,5)6)21-12-10-20(11-13-21)17-35-26(33)22-14-9-18(2)15-19(22)3/h9-15,23H,7-8,16-17H2,1-6H3,(H,29,34)(H,30,31,32). The summed E-state index contributed by atoms with van der Waals surface area (Å²) in [5, 5.41) is 5.00. The zero-order valence-corrected chi connectivity index (χ0v) is 21.9. The Morgan fingerprint density at radius 1 is 0.972 bits per heavy atom. The molecule has 0 fully saturated rings. The summed E-state index contributed by atoms with van der Waals surface area (Å²) in [4.78, 5) is 49.4. The minimum Gasteiger partial charge on any atom is -0.457 e. The number of carbonyl (C=O) groups excluding carboxylic acids is 4. The molecule has 0 saturated heterocycles. The van der Waals surface area contributed by atoms with Crippen LogP contribution in [0.1, 0.15) is 79.1 Å². The van der Waals surface area contributed by atoms with E-state index < -0.39 is 29.5 Å². The van der Waals surface area contributed by atoms with Crippen molar-refractivity contribution < 1.29 is 28.7 Å². The molecule has 0 radical (unpaired) electrons. The number of aryl methyl sites for hydroxylation is 2. The van der Waals surface area contributed by atoms with Gasteiger partial charge in [0.15, 0.2) is 0 Å². The molecule has 36 heavy (non-hydrogen) atoms. The van der Waals surface area contributed by atoms with Gasteiger partial charge in [0, 0.05) is 13.0 Å². The molecule has 8 nitrogen and oxygen atoms in total. The average Bonchev–Trinajstić information content (AvgIpc) is 2.77. The summed E-state index contributed by atoms with van der Waals surface area (Å²) in [7, 11) is 0. The molecule has 0 heterocycles. The number of ether oxygens (including phenoxy) is 2. The first-order valence-corrected chi connectivity index (χ1v) is 12.0. The fourth-order valence-electron chi connectivity index (χ4n) is 3.49. The molecule has 2 aromatic rings. The van der Waals surface area contributed by atoms with Crippen molar-refractivity contribution in [3.05, 3.63) is 70.3 Å². The van der Waals surface area contributed by atoms with E-state index in [-0.39, 0.29) is 25.5 Å². The van der Waals surface area contributed by atoms with Crippen LogP contribution in [0.15, 0.2) is 42.5 Å². The van der Waals surface area contributed by atoms with Gasteiger partial charge in [-0.25, -0.2) is 9.59 Å². The molecule has 2 aromatic carbocycles. The van der Waals surface area contributed by atoms with Crippen LogP contribution in [-0.4, -0.2) is 36.0 Å². The molecule has 0 aromatic heterocycles. The van der Waals surface area contributed by atoms with Gasteiger partial charge in [-0.05, 0) is 63.8 Å². The zero-order chi connectivity index (χ0) is 26.9. The minimum atomic E-state index is -0.815. The lowest BCUT2D eigenvalue weighted by Crippen LogP contribution is -2.41. The largest absolute Gasteiger partial charge is 0.457 e. The molecule has 8 heteroatoms. The van der Waals surface area contributed by atoms with Crippen molar-refractivity contribution in [2.24, 2.45) is 0 Å². The molecule has 0 aliphatic heterocycles. The Morgan fingerprint density at radius 3 is 2.22 bits per heavy atom. The molecule has 2 rings (SSSR count). The van der Waals surface area contributed by atoms with Gasteiger partial charge < -0.3 is 14.8 Å². The molecule has 0 aliphatic rings. The molecule has 0 spiro atoms. The van der Waals surface area contributed by atoms with Crippen molar-refractivity contribution in [3.8, 4) is 0 Å². The number of rotatable bonds is 9. The molecule has 1 unspecified atom stereocenters. The van der Waals surface area contributed by atoms with E-state index in [1.54, 1.807) is 51.1 Å². The van der Waals surface area contributed by atoms with Crippen LogP contribution in [0.4, 0.5) is 4.79 Å². The summed E-state index contributed by atoms with van der Waals surface area (Å²) in [6.07, 6.45) is 0.174. The van der Waals surface area contributed by atoms with Gasteiger partial charge in [-0.2, -0.15) is 0 Å². The Kier molecular flexibility index (Phi) is 10.2. The van der Waals surface area contributed by atoms with E-state index in [0.29, 0.717) is 17.5 Å². The number of esters is 1. The summed E-state index contributed by atoms with van der Waals surface area (Å²) >= 11 is 0. The first-order valence-electron chi connectivity index (χ1n) is 12.0. The van der Waals surface area contributed by atoms with Crippen LogP contribution in [0.25, 0.3) is 0 Å². The number of carbonyl (C=O) groups is 4. The maximum Gasteiger partial charge on any atom is 0.407 e. The lowest BCUT2D eigenvalue weighted by molar-refractivity contribution is -0.131. The number of alkyl carbamates (subject to hydrolysis) is 1. The van der Waals surface area contributed by atoms with Crippen molar-refractivity contribution in [2.75, 3.05) is 6.54 Å². The number of hydrogen-bond donors (Lipinski definition) is 2. The zero-order valence-electron chi connectivity index (χ0n) is 21.9. The smallest absolute Gasteiger partial charge is 0.407 e. The van der Waals surface area contributed by atoms with Crippen LogP contribution < -0.4 is 10.6 Å². The highest BCUT2D eigenvalue weighted by Gasteiger charge is 2.25. The van der Waals surface area contributed by atoms with Gasteiger partial charge in [0.25, 0.3) is 0 Å². The number of nitrogens with one attached hydrogen (secondary N) is 2. The van der Waals surface area contributed by atoms with E-state index in [0.717, 1.165) is 16.7 Å². The van der Waals surface area contributed by atoms with Gasteiger partial charge in [-0.15, -0.1) is 0 Å². The Hall–Kier alpha value is -3.68. The Bertz CT molecular complexity index is 1090. The maximum absolute atomic E-state index is 12.8. The van der Waals surface area contributed by atoms with Crippen LogP contribution in [0.3, 0.4) is 0 Å². The molecular formula is C28H36N2O6. The van der Waals surface area contributed by atoms with Crippen LogP contribution in [0.5, 0.6) is 0 Å². The predicted molar refractivity (Wildman–Crippen MR) is 137 cm³/mol. The van der Waals surface area contributed by atoms with Gasteiger partial charge >= 0.3 is 12.1 Å². The van der Waals surface area contributed by atoms with E-state index in [2.05, 4.69) is 10.6 Å². The second-order valence-electron chi connectivity index (χ2n) is 9.73. The first kappa shape index (κ1) is 28.6. The first-order chi connectivity index (χ1) is 16.9. The SMILES string of the molecule is CCCC(=O)NC(=O)C(CNC(=O)OC(C)(C)C)c1ccc(COC(=O)c2ccc(C)cc2C)cc1. The van der Waals surface area contributed by atoms with Crippen molar-refractivity contribution in [1.82, 2.24) is 10.6 Å². The van der Waals surface area contributed by atoms with Gasteiger partial charge in [-0.3, -0.25) is 14.9 Å². The molecule has 0 saturated carbocycles. The highest BCUT2D eigenvalue weighted by molar-refractivity contribution is 5.98. The number of hydrogen-bond acceptors (Lipinski definition) is 6. The van der Waals surface area contributed by atoms with E-state index in [4.69, 9.17) is 9.47 Å². The predicted octanol–water partition coefficient (Wildman–Crippen LogP) is 4.71. The Labute approximate surface area is 212 Å². The maximum atomic E-state index is 12.8. The van der Waals surface area contributed by atoms with E-state index in [9.17, 15) is 19.2 Å². The Balaban J connectivity index is 2.10. The summed E-state index contributed by atoms with van der Waals surface area (Å²) in [5.74, 6) is -2.12. The minimum absolute atomic E-state index is 0.0544. The number of amides is 3. The van der Waals surface area contributed by atoms with Gasteiger partial charge in [-0.1, -0.05) is 48.9 Å². The normalized spacial score (nSPS) is 11.8. The lowest BCUT2D eigenvalue weighted by atomic mass is 9.96. The fraction of sp³-hybridized carbons (Fsp3) is 0.429. The highest BCUT2D eigenvalue weighted by Crippen LogP contribution is 2.19. The van der Waals surface area contributed by atoms with Crippen LogP contribution >= 0.6 is 0 Å². The number of benzene rings is 2. The highest BCUT2D eigenvalue weighted by atomic mass is 16.6. The third-order valence-electron chi connectivity index (χ3n) is 5.26. The van der Waals surface area contributed by atoms with Crippen molar-refractivity contribution >= 4 is 23.9 Å². The molecule has 0 aliphatic carbocycles. The Morgan fingerprint density at radius 2 is 1.64 bits per heavy atom. The molecule has 0 bridgehead atoms. The van der Waals surface area contributed by atoms with Gasteiger partial charge in [0.1, 0.15) is 12.2 Å². The summed E-state index contributed by atoms with van der Waals surface area (Å²) < 4.78 is 10.7. The molecule has 2 N–H and O–H groups in total. The quantitative estimate of drug-likeness (QED) is 0.487. The monoisotopic (exact) mass is 496 g/mol. The van der Waals surface area contributed by atoms with E-state index >= 15 is 0 Å². The average molecular weight is 497 g/mol. The molecular weight excluding hydrogens is 460 g/mol. The van der Waals surface area contributed by atoms with Crippen LogP contribution in [0, 0.1) is 13.8 Å². The van der Waals surface area contributed by atoms with Crippen molar-refractivity contribution in [1.29, 1.82) is 0 Å². The molecule has 3 amide bonds. The van der Waals surface area contributed by atoms with E-state index in [1.165, 1.54) is 0 Å². The third kappa shape index (κ3) is 9.17. The van der Waals surface area contributed by atoms with Gasteiger partial charge in [0.2, 0.25) is 11.8 Å². The second kappa shape index (κ2) is 12.9. The van der Waals surface area contributed by atoms with Crippen LogP contribution in [0.2, 0.25) is 0 Å². The van der Waals surface area contributed by atoms with Gasteiger partial charge in [0.05, 0.1) is 11.5 Å². The molecule has 194 valence electrons. The molecule has 1 atom stereocenters. The van der Waals surface area contributed by atoms with Crippen LogP contribution in [-0.2, 0) is 25.7 Å². The van der Waals surface area contributed by atoms with Crippen molar-refractivity contribution in [2.45, 2.75) is 72.5 Å². The fourth-order valence-corrected chi connectivity index (χ4v) is 3.49. The summed E-state index contributed by atoms with van der Waals surface area (Å²) in [5.41, 5.74) is 3.07. The second-order valence-corrected chi connectivity index (χ2v) is 9.73. The topological polar surface area (TPSA) is 111 Å². The third-order valence-corrected chi connectivity index (χ3v) is 5.26. The number of imide groups is 1. The van der Waals surface area contributed by atoms with Crippen molar-refractivity contribution in [3.63, 3.8) is 0 Å². The summed E-state index contributed by atoms with van der Waals surface area (Å²) in [6, 6.07) is 12.4. The van der Waals surface area contributed by atoms with E-state index in [1.807, 2.05) is 32.9 Å². The lowest BCUT2D eigenvalue weighted by Gasteiger charge is -2.22.